The first-order valence-electron chi connectivity index (χ1n) is 2.46. The van der Waals surface area contributed by atoms with Crippen molar-refractivity contribution >= 4 is 0 Å². The average Bonchev–Trinajstić information content (AvgIpc) is 1.30. The maximum absolute atomic E-state index is 6.61. The fraction of sp³-hybridized carbons (Fsp3) is 0.714. The molecule has 8 heavy (non-hydrogen) atoms. The molecule has 0 aromatic carbocycles. The Morgan fingerprint density at radius 3 is 1.75 bits per heavy atom. The predicted octanol–water partition coefficient (Wildman–Crippen LogP) is -0.984. The van der Waals surface area contributed by atoms with Crippen molar-refractivity contribution in [1.82, 2.24) is 0 Å². The Bertz CT molecular complexity index is 81.5. The van der Waals surface area contributed by atoms with E-state index in [-0.39, 0.29) is 24.3 Å². The summed E-state index contributed by atoms with van der Waals surface area (Å²) >= 11 is 0. The summed E-state index contributed by atoms with van der Waals surface area (Å²) in [6, 6.07) is 0. The molecule has 0 atom stereocenters. The van der Waals surface area contributed by atoms with E-state index in [1.54, 1.807) is 0 Å². The molecule has 0 saturated carbocycles. The average molecular weight is 102 g/mol. The summed E-state index contributed by atoms with van der Waals surface area (Å²) in [6.45, 7) is 6.28. The van der Waals surface area contributed by atoms with Gasteiger partial charge in [0.15, 0.2) is 0 Å². The summed E-state index contributed by atoms with van der Waals surface area (Å²) in [6.07, 6.45) is 7.37. The van der Waals surface area contributed by atoms with Gasteiger partial charge in [-0.3, -0.25) is 0 Å². The molecular weight excluding hydrogens is 91.0 g/mol. The molecule has 0 bridgehead atoms. The maximum atomic E-state index is 6.61. The SMILES string of the molecule is [C-]#CCC(C)(C)C.[Li+]. The summed E-state index contributed by atoms with van der Waals surface area (Å²) in [7, 11) is 0. The molecule has 0 saturated heterocycles. The van der Waals surface area contributed by atoms with E-state index in [4.69, 9.17) is 6.42 Å². The Kier molecular flexibility index (Phi) is 5.62. The zero-order valence-electron chi connectivity index (χ0n) is 6.21. The Balaban J connectivity index is 0. The minimum Gasteiger partial charge on any atom is -0.694 e. The summed E-state index contributed by atoms with van der Waals surface area (Å²) in [5.74, 6) is 2.36. The van der Waals surface area contributed by atoms with Crippen LogP contribution in [0.25, 0.3) is 0 Å². The first-order chi connectivity index (χ1) is 3.06. The van der Waals surface area contributed by atoms with Crippen LogP contribution in [0.2, 0.25) is 0 Å². The van der Waals surface area contributed by atoms with E-state index in [2.05, 4.69) is 26.7 Å². The zero-order valence-corrected chi connectivity index (χ0v) is 6.21. The van der Waals surface area contributed by atoms with Gasteiger partial charge in [-0.25, -0.2) is 0 Å². The van der Waals surface area contributed by atoms with Gasteiger partial charge in [-0.2, -0.15) is 0 Å². The third kappa shape index (κ3) is 9.48. The molecule has 0 aromatic rings. The van der Waals surface area contributed by atoms with Gasteiger partial charge in [0.2, 0.25) is 0 Å². The van der Waals surface area contributed by atoms with Crippen molar-refractivity contribution in [3.05, 3.63) is 6.42 Å². The molecule has 1 heteroatoms. The molecule has 0 aliphatic rings. The van der Waals surface area contributed by atoms with Crippen molar-refractivity contribution in [1.29, 1.82) is 0 Å². The fourth-order valence-electron chi connectivity index (χ4n) is 0.265. The van der Waals surface area contributed by atoms with Gasteiger partial charge in [-0.1, -0.05) is 20.8 Å². The van der Waals surface area contributed by atoms with Crippen LogP contribution in [0.1, 0.15) is 27.2 Å². The van der Waals surface area contributed by atoms with Gasteiger partial charge in [-0.15, -0.1) is 0 Å². The van der Waals surface area contributed by atoms with E-state index in [0.717, 1.165) is 6.42 Å². The molecule has 0 amide bonds. The van der Waals surface area contributed by atoms with Gasteiger partial charge in [-0.05, 0) is 11.8 Å². The third-order valence-corrected chi connectivity index (χ3v) is 0.619. The van der Waals surface area contributed by atoms with Gasteiger partial charge >= 0.3 is 18.9 Å². The molecule has 0 fully saturated rings. The standard InChI is InChI=1S/C7H11.Li/c1-5-6-7(2,3)4;/h6H2,2-4H3;/q-1;+1. The quantitative estimate of drug-likeness (QED) is 0.209. The van der Waals surface area contributed by atoms with Gasteiger partial charge in [0, 0.05) is 0 Å². The van der Waals surface area contributed by atoms with Crippen LogP contribution in [0, 0.1) is 17.8 Å². The summed E-state index contributed by atoms with van der Waals surface area (Å²) in [4.78, 5) is 0. The van der Waals surface area contributed by atoms with Crippen LogP contribution in [0.4, 0.5) is 0 Å². The van der Waals surface area contributed by atoms with Crippen LogP contribution >= 0.6 is 0 Å². The van der Waals surface area contributed by atoms with E-state index >= 15 is 0 Å². The Morgan fingerprint density at radius 1 is 1.38 bits per heavy atom. The van der Waals surface area contributed by atoms with Gasteiger partial charge < -0.3 is 12.3 Å². The Labute approximate surface area is 64.2 Å². The van der Waals surface area contributed by atoms with Crippen LogP contribution in [0.15, 0.2) is 0 Å². The second-order valence-corrected chi connectivity index (χ2v) is 2.91. The second kappa shape index (κ2) is 4.08. The number of hydrogen-bond donors (Lipinski definition) is 0. The number of rotatable bonds is 0. The maximum Gasteiger partial charge on any atom is 1.00 e. The molecule has 0 aliphatic heterocycles. The minimum absolute atomic E-state index is 0. The number of hydrogen-bond acceptors (Lipinski definition) is 0. The minimum atomic E-state index is 0. The first kappa shape index (κ1) is 11.0. The van der Waals surface area contributed by atoms with Crippen molar-refractivity contribution in [2.45, 2.75) is 27.2 Å². The summed E-state index contributed by atoms with van der Waals surface area (Å²) in [5.41, 5.74) is 0.252. The molecule has 0 aromatic heterocycles. The Morgan fingerprint density at radius 2 is 1.75 bits per heavy atom. The van der Waals surface area contributed by atoms with Crippen molar-refractivity contribution in [2.75, 3.05) is 0 Å². The largest absolute Gasteiger partial charge is 1.00 e. The third-order valence-electron chi connectivity index (χ3n) is 0.619. The first-order valence-corrected chi connectivity index (χ1v) is 2.46. The molecule has 0 spiro atoms. The molecule has 0 radical (unpaired) electrons. The molecule has 0 heterocycles. The van der Waals surface area contributed by atoms with E-state index in [0.29, 0.717) is 0 Å². The van der Waals surface area contributed by atoms with E-state index in [9.17, 15) is 0 Å². The topological polar surface area (TPSA) is 0 Å². The van der Waals surface area contributed by atoms with Crippen molar-refractivity contribution in [3.8, 4) is 5.92 Å². The molecule has 0 nitrogen and oxygen atoms in total. The van der Waals surface area contributed by atoms with Gasteiger partial charge in [0.05, 0.1) is 0 Å². The normalized spacial score (nSPS) is 9.25. The van der Waals surface area contributed by atoms with Crippen LogP contribution in [0.5, 0.6) is 0 Å². The van der Waals surface area contributed by atoms with Crippen molar-refractivity contribution in [3.63, 3.8) is 0 Å². The van der Waals surface area contributed by atoms with E-state index in [1.165, 1.54) is 0 Å². The van der Waals surface area contributed by atoms with E-state index in [1.807, 2.05) is 0 Å². The fourth-order valence-corrected chi connectivity index (χ4v) is 0.265. The van der Waals surface area contributed by atoms with Crippen molar-refractivity contribution < 1.29 is 18.9 Å². The van der Waals surface area contributed by atoms with Crippen LogP contribution in [-0.2, 0) is 0 Å². The van der Waals surface area contributed by atoms with Crippen LogP contribution < -0.4 is 18.9 Å². The molecule has 0 rings (SSSR count). The van der Waals surface area contributed by atoms with Gasteiger partial charge in [0.1, 0.15) is 0 Å². The van der Waals surface area contributed by atoms with Gasteiger partial charge in [0.25, 0.3) is 0 Å². The molecule has 0 aliphatic carbocycles. The van der Waals surface area contributed by atoms with Crippen molar-refractivity contribution in [2.24, 2.45) is 5.41 Å². The monoisotopic (exact) mass is 102 g/mol. The summed E-state index contributed by atoms with van der Waals surface area (Å²) < 4.78 is 0. The van der Waals surface area contributed by atoms with Crippen LogP contribution in [-0.4, -0.2) is 0 Å². The second-order valence-electron chi connectivity index (χ2n) is 2.91. The molecule has 40 valence electrons. The van der Waals surface area contributed by atoms with E-state index < -0.39 is 0 Å². The predicted molar refractivity (Wildman–Crippen MR) is 31.2 cm³/mol. The smallest absolute Gasteiger partial charge is 0.694 e. The Hall–Kier alpha value is 0.157. The zero-order chi connectivity index (χ0) is 5.91. The molecule has 0 unspecified atom stereocenters. The summed E-state index contributed by atoms with van der Waals surface area (Å²) in [5, 5.41) is 0. The molecular formula is C7H11Li. The van der Waals surface area contributed by atoms with Crippen LogP contribution in [0.3, 0.4) is 0 Å². The molecule has 0 N–H and O–H groups in total.